The number of benzene rings is 5. The average molecular weight is 578 g/mol. The first-order chi connectivity index (χ1) is 21.3. The van der Waals surface area contributed by atoms with Crippen molar-refractivity contribution in [2.75, 3.05) is 66.8 Å². The summed E-state index contributed by atoms with van der Waals surface area (Å²) in [5.74, 6) is 0. The van der Waals surface area contributed by atoms with Gasteiger partial charge in [0.2, 0.25) is 0 Å². The summed E-state index contributed by atoms with van der Waals surface area (Å²) < 4.78 is 0. The summed E-state index contributed by atoms with van der Waals surface area (Å²) in [6.07, 6.45) is 0.958. The first kappa shape index (κ1) is 28.0. The Morgan fingerprint density at radius 1 is 0.500 bits per heavy atom. The number of fused-ring (bicyclic) bond motifs is 4. The van der Waals surface area contributed by atoms with Crippen LogP contribution in [0.2, 0.25) is 0 Å². The van der Waals surface area contributed by atoms with Gasteiger partial charge in [0.1, 0.15) is 0 Å². The van der Waals surface area contributed by atoms with Crippen LogP contribution in [0, 0.1) is 0 Å². The SMILES string of the molecule is CCc1cc2c3c(c1)N(c1ccc(N(C)C)cc1)c1ccc(N(C)C)cc1B3c1cc(N(C)C)ccc1N2c1ccccc1. The molecule has 7 rings (SSSR count). The highest BCUT2D eigenvalue weighted by atomic mass is 15.2. The van der Waals surface area contributed by atoms with E-state index in [0.29, 0.717) is 0 Å². The smallest absolute Gasteiger partial charge is 0.252 e. The molecule has 6 heteroatoms. The van der Waals surface area contributed by atoms with Crippen molar-refractivity contribution < 1.29 is 0 Å². The molecule has 2 aliphatic rings. The second kappa shape index (κ2) is 10.7. The summed E-state index contributed by atoms with van der Waals surface area (Å²) in [6.45, 7) is 2.35. The van der Waals surface area contributed by atoms with E-state index in [2.05, 4.69) is 177 Å². The number of hydrogen-bond acceptors (Lipinski definition) is 5. The van der Waals surface area contributed by atoms with Crippen LogP contribution in [0.4, 0.5) is 51.2 Å². The van der Waals surface area contributed by atoms with Gasteiger partial charge in [0.15, 0.2) is 0 Å². The maximum atomic E-state index is 2.49. The fourth-order valence-corrected chi connectivity index (χ4v) is 6.83. The molecule has 0 radical (unpaired) electrons. The van der Waals surface area contributed by atoms with Gasteiger partial charge in [-0.15, -0.1) is 0 Å². The maximum Gasteiger partial charge on any atom is 0.252 e. The molecule has 0 unspecified atom stereocenters. The van der Waals surface area contributed by atoms with Crippen LogP contribution in [0.1, 0.15) is 12.5 Å². The van der Waals surface area contributed by atoms with Crippen LogP contribution in [-0.2, 0) is 6.42 Å². The molecule has 0 saturated heterocycles. The van der Waals surface area contributed by atoms with Gasteiger partial charge in [-0.2, -0.15) is 0 Å². The summed E-state index contributed by atoms with van der Waals surface area (Å²) >= 11 is 0. The zero-order valence-corrected chi connectivity index (χ0v) is 26.8. The lowest BCUT2D eigenvalue weighted by atomic mass is 9.33. The Morgan fingerprint density at radius 2 is 0.955 bits per heavy atom. The van der Waals surface area contributed by atoms with Crippen LogP contribution >= 0.6 is 0 Å². The number of anilines is 9. The topological polar surface area (TPSA) is 16.2 Å². The minimum Gasteiger partial charge on any atom is -0.378 e. The number of rotatable bonds is 6. The quantitative estimate of drug-likeness (QED) is 0.208. The third-order valence-corrected chi connectivity index (χ3v) is 9.17. The van der Waals surface area contributed by atoms with E-state index in [4.69, 9.17) is 0 Å². The fourth-order valence-electron chi connectivity index (χ4n) is 6.83. The van der Waals surface area contributed by atoms with E-state index in [-0.39, 0.29) is 6.71 Å². The van der Waals surface area contributed by atoms with E-state index in [9.17, 15) is 0 Å². The van der Waals surface area contributed by atoms with Gasteiger partial charge in [-0.1, -0.05) is 25.1 Å². The van der Waals surface area contributed by atoms with Crippen LogP contribution < -0.4 is 40.9 Å². The van der Waals surface area contributed by atoms with Crippen LogP contribution in [0.25, 0.3) is 0 Å². The second-order valence-corrected chi connectivity index (χ2v) is 12.5. The Labute approximate surface area is 262 Å². The van der Waals surface area contributed by atoms with Gasteiger partial charge < -0.3 is 24.5 Å². The molecule has 0 bridgehead atoms. The standard InChI is InChI=1S/C38H40BN5/c1-8-26-22-36-38-37(23-26)44(29-16-14-27(15-17-29)40(2)3)35-21-19-31(42(6)7)25-33(35)39(38)32-24-30(41(4)5)18-20-34(32)43(36)28-12-10-9-11-13-28/h9-25H,8H2,1-7H3. The molecule has 0 atom stereocenters. The minimum absolute atomic E-state index is 0.0907. The number of nitrogens with zero attached hydrogens (tertiary/aromatic N) is 5. The van der Waals surface area contributed by atoms with E-state index in [1.165, 1.54) is 73.1 Å². The van der Waals surface area contributed by atoms with Crippen molar-refractivity contribution >= 4 is 74.3 Å². The molecule has 5 aromatic rings. The lowest BCUT2D eigenvalue weighted by Crippen LogP contribution is -2.61. The van der Waals surface area contributed by atoms with Gasteiger partial charge in [-0.25, -0.2) is 0 Å². The highest BCUT2D eigenvalue weighted by molar-refractivity contribution is 7.00. The van der Waals surface area contributed by atoms with Crippen LogP contribution in [0.3, 0.4) is 0 Å². The average Bonchev–Trinajstić information content (AvgIpc) is 3.04. The lowest BCUT2D eigenvalue weighted by Gasteiger charge is -2.45. The molecule has 0 spiro atoms. The minimum atomic E-state index is 0.0907. The molecular weight excluding hydrogens is 537 g/mol. The molecule has 0 aromatic heterocycles. The monoisotopic (exact) mass is 577 g/mol. The van der Waals surface area contributed by atoms with Crippen molar-refractivity contribution in [1.29, 1.82) is 0 Å². The predicted molar refractivity (Wildman–Crippen MR) is 193 cm³/mol. The molecule has 2 heterocycles. The van der Waals surface area contributed by atoms with E-state index >= 15 is 0 Å². The number of hydrogen-bond donors (Lipinski definition) is 0. The van der Waals surface area contributed by atoms with E-state index in [1.807, 2.05) is 0 Å². The molecule has 2 aliphatic heterocycles. The Hall–Kier alpha value is -4.84. The molecule has 5 aromatic carbocycles. The third-order valence-electron chi connectivity index (χ3n) is 9.17. The summed E-state index contributed by atoms with van der Waals surface area (Å²) in [5.41, 5.74) is 16.3. The largest absolute Gasteiger partial charge is 0.378 e. The van der Waals surface area contributed by atoms with E-state index < -0.39 is 0 Å². The Balaban J connectivity index is 1.59. The highest BCUT2D eigenvalue weighted by Gasteiger charge is 2.43. The van der Waals surface area contributed by atoms with E-state index in [1.54, 1.807) is 0 Å². The van der Waals surface area contributed by atoms with Crippen LogP contribution in [0.5, 0.6) is 0 Å². The van der Waals surface area contributed by atoms with Crippen molar-refractivity contribution in [2.24, 2.45) is 0 Å². The summed E-state index contributed by atoms with van der Waals surface area (Å²) in [4.78, 5) is 11.6. The van der Waals surface area contributed by atoms with E-state index in [0.717, 1.165) is 6.42 Å². The van der Waals surface area contributed by atoms with Gasteiger partial charge in [0.25, 0.3) is 6.71 Å². The normalized spacial score (nSPS) is 12.8. The van der Waals surface area contributed by atoms with Gasteiger partial charge >= 0.3 is 0 Å². The summed E-state index contributed by atoms with van der Waals surface area (Å²) in [6, 6.07) is 38.6. The fraction of sp³-hybridized carbons (Fsp3) is 0.211. The van der Waals surface area contributed by atoms with Gasteiger partial charge in [-0.05, 0) is 113 Å². The first-order valence-corrected chi connectivity index (χ1v) is 15.5. The molecule has 220 valence electrons. The zero-order valence-electron chi connectivity index (χ0n) is 26.8. The summed E-state index contributed by atoms with van der Waals surface area (Å²) in [7, 11) is 12.7. The molecule has 0 aliphatic carbocycles. The number of para-hydroxylation sites is 1. The molecule has 0 saturated carbocycles. The van der Waals surface area contributed by atoms with Gasteiger partial charge in [0.05, 0.1) is 0 Å². The Morgan fingerprint density at radius 3 is 1.41 bits per heavy atom. The molecule has 0 N–H and O–H groups in total. The van der Waals surface area contributed by atoms with Crippen molar-refractivity contribution in [1.82, 2.24) is 0 Å². The summed E-state index contributed by atoms with van der Waals surface area (Å²) in [5, 5.41) is 0. The zero-order chi connectivity index (χ0) is 30.7. The first-order valence-electron chi connectivity index (χ1n) is 15.5. The van der Waals surface area contributed by atoms with Crippen molar-refractivity contribution in [3.05, 3.63) is 109 Å². The molecule has 0 fully saturated rings. The Bertz CT molecular complexity index is 1850. The number of aryl methyl sites for hydroxylation is 1. The molecule has 0 amide bonds. The maximum absolute atomic E-state index is 2.49. The van der Waals surface area contributed by atoms with Gasteiger partial charge in [-0.3, -0.25) is 0 Å². The lowest BCUT2D eigenvalue weighted by molar-refractivity contribution is 1.12. The van der Waals surface area contributed by atoms with Crippen LogP contribution in [0.15, 0.2) is 103 Å². The second-order valence-electron chi connectivity index (χ2n) is 12.5. The Kier molecular flexibility index (Phi) is 6.81. The van der Waals surface area contributed by atoms with Crippen molar-refractivity contribution in [3.63, 3.8) is 0 Å². The molecular formula is C38H40BN5. The van der Waals surface area contributed by atoms with Crippen molar-refractivity contribution in [3.8, 4) is 0 Å². The van der Waals surface area contributed by atoms with Crippen molar-refractivity contribution in [2.45, 2.75) is 13.3 Å². The molecule has 5 nitrogen and oxygen atoms in total. The van der Waals surface area contributed by atoms with Crippen LogP contribution in [-0.4, -0.2) is 49.0 Å². The van der Waals surface area contributed by atoms with Gasteiger partial charge in [0, 0.05) is 93.5 Å². The third kappa shape index (κ3) is 4.40. The predicted octanol–water partition coefficient (Wildman–Crippen LogP) is 6.53. The molecule has 44 heavy (non-hydrogen) atoms. The highest BCUT2D eigenvalue weighted by Crippen LogP contribution is 2.45.